The second-order valence-corrected chi connectivity index (χ2v) is 6.69. The minimum Gasteiger partial charge on any atom is -0.454 e. The third-order valence-corrected chi connectivity index (χ3v) is 4.77. The lowest BCUT2D eigenvalue weighted by Gasteiger charge is -2.21. The van der Waals surface area contributed by atoms with E-state index in [9.17, 15) is 18.4 Å². The van der Waals surface area contributed by atoms with Gasteiger partial charge in [0.2, 0.25) is 5.78 Å². The number of nitrogens with two attached hydrogens (primary N) is 1. The number of ketones is 1. The zero-order valence-electron chi connectivity index (χ0n) is 15.4. The lowest BCUT2D eigenvalue weighted by atomic mass is 9.93. The number of Topliss-reactive ketones (excluding diaryl/α,β-unsaturated/α-hetero) is 1. The fourth-order valence-electron chi connectivity index (χ4n) is 3.22. The van der Waals surface area contributed by atoms with Crippen LogP contribution in [0.15, 0.2) is 18.2 Å². The van der Waals surface area contributed by atoms with Crippen LogP contribution in [0.2, 0.25) is 0 Å². The smallest absolute Gasteiger partial charge is 0.344 e. The molecule has 1 aromatic heterocycles. The van der Waals surface area contributed by atoms with Gasteiger partial charge in [-0.1, -0.05) is 6.07 Å². The van der Waals surface area contributed by atoms with Crippen LogP contribution in [0.25, 0.3) is 0 Å². The molecule has 1 aliphatic heterocycles. The molecule has 1 saturated heterocycles. The number of rotatable bonds is 6. The Balaban J connectivity index is 1.72. The number of hydrogen-bond donors (Lipinski definition) is 1. The molecular formula is C19H21F2N3O4. The number of ether oxygens (including phenoxy) is 2. The number of benzene rings is 1. The minimum absolute atomic E-state index is 0.0794. The summed E-state index contributed by atoms with van der Waals surface area (Å²) in [4.78, 5) is 24.6. The van der Waals surface area contributed by atoms with Crippen molar-refractivity contribution < 1.29 is 27.8 Å². The monoisotopic (exact) mass is 393 g/mol. The summed E-state index contributed by atoms with van der Waals surface area (Å²) in [5.41, 5.74) is 5.76. The van der Waals surface area contributed by atoms with Crippen LogP contribution in [0, 0.1) is 17.6 Å². The highest BCUT2D eigenvalue weighted by molar-refractivity contribution is 6.01. The Kier molecular flexibility index (Phi) is 6.03. The van der Waals surface area contributed by atoms with Gasteiger partial charge in [0.25, 0.3) is 0 Å². The summed E-state index contributed by atoms with van der Waals surface area (Å²) in [6.07, 6.45) is 2.21. The Hall–Kier alpha value is -2.81. The molecule has 1 aliphatic rings. The lowest BCUT2D eigenvalue weighted by Crippen LogP contribution is -2.20. The van der Waals surface area contributed by atoms with Crippen molar-refractivity contribution in [1.29, 1.82) is 0 Å². The van der Waals surface area contributed by atoms with Gasteiger partial charge in [0, 0.05) is 20.3 Å². The molecule has 28 heavy (non-hydrogen) atoms. The van der Waals surface area contributed by atoms with Crippen molar-refractivity contribution in [2.24, 2.45) is 13.0 Å². The molecule has 2 heterocycles. The first-order valence-corrected chi connectivity index (χ1v) is 8.92. The average Bonchev–Trinajstić information content (AvgIpc) is 2.94. The quantitative estimate of drug-likeness (QED) is 0.598. The number of carbonyl (C=O) groups is 2. The summed E-state index contributed by atoms with van der Waals surface area (Å²) in [6.45, 7) is 0.493. The van der Waals surface area contributed by atoms with E-state index in [1.165, 1.54) is 4.68 Å². The molecule has 2 N–H and O–H groups in total. The number of carbonyl (C=O) groups excluding carboxylic acids is 2. The first-order valence-electron chi connectivity index (χ1n) is 8.92. The third kappa shape index (κ3) is 4.19. The Morgan fingerprint density at radius 1 is 1.25 bits per heavy atom. The van der Waals surface area contributed by atoms with Crippen molar-refractivity contribution in [2.45, 2.75) is 19.3 Å². The lowest BCUT2D eigenvalue weighted by molar-refractivity contribution is 0.0470. The summed E-state index contributed by atoms with van der Waals surface area (Å²) in [6, 6.07) is 3.07. The molecule has 150 valence electrons. The van der Waals surface area contributed by atoms with Gasteiger partial charge in [-0.3, -0.25) is 9.48 Å². The Morgan fingerprint density at radius 2 is 1.89 bits per heavy atom. The number of aromatic nitrogens is 2. The number of nitrogen functional groups attached to an aromatic ring is 1. The molecule has 7 nitrogen and oxygen atoms in total. The zero-order valence-corrected chi connectivity index (χ0v) is 15.4. The van der Waals surface area contributed by atoms with E-state index in [0.717, 1.165) is 31.0 Å². The number of anilines is 1. The zero-order chi connectivity index (χ0) is 20.3. The van der Waals surface area contributed by atoms with Crippen LogP contribution >= 0.6 is 0 Å². The number of aryl methyl sites for hydroxylation is 1. The second kappa shape index (κ2) is 8.47. The molecule has 1 aromatic carbocycles. The first kappa shape index (κ1) is 19.9. The largest absolute Gasteiger partial charge is 0.454 e. The third-order valence-electron chi connectivity index (χ3n) is 4.77. The van der Waals surface area contributed by atoms with Gasteiger partial charge in [0.1, 0.15) is 23.0 Å². The average molecular weight is 393 g/mol. The molecular weight excluding hydrogens is 372 g/mol. The van der Waals surface area contributed by atoms with Crippen molar-refractivity contribution in [1.82, 2.24) is 9.78 Å². The van der Waals surface area contributed by atoms with Crippen molar-refractivity contribution in [3.63, 3.8) is 0 Å². The van der Waals surface area contributed by atoms with E-state index < -0.39 is 35.6 Å². The van der Waals surface area contributed by atoms with E-state index in [1.54, 1.807) is 7.05 Å². The van der Waals surface area contributed by atoms with Crippen LogP contribution in [0.5, 0.6) is 0 Å². The van der Waals surface area contributed by atoms with Crippen molar-refractivity contribution in [3.05, 3.63) is 46.7 Å². The van der Waals surface area contributed by atoms with E-state index in [4.69, 9.17) is 15.2 Å². The number of nitrogens with zero attached hydrogens (tertiary/aromatic N) is 2. The molecule has 0 spiro atoms. The maximum Gasteiger partial charge on any atom is 0.344 e. The van der Waals surface area contributed by atoms with Crippen LogP contribution in [-0.2, 0) is 22.9 Å². The summed E-state index contributed by atoms with van der Waals surface area (Å²) in [7, 11) is 1.60. The maximum absolute atomic E-state index is 13.7. The van der Waals surface area contributed by atoms with Gasteiger partial charge in [-0.05, 0) is 37.3 Å². The minimum atomic E-state index is -1.01. The van der Waals surface area contributed by atoms with Crippen molar-refractivity contribution >= 4 is 17.6 Å². The molecule has 0 bridgehead atoms. The Morgan fingerprint density at radius 3 is 2.54 bits per heavy atom. The summed E-state index contributed by atoms with van der Waals surface area (Å²) < 4.78 is 39.1. The van der Waals surface area contributed by atoms with Gasteiger partial charge in [0.05, 0.1) is 11.3 Å². The number of esters is 1. The standard InChI is InChI=1S/C19H21F2N3O4/c1-24-18(22)17(14(23-24)9-11-5-7-27-8-6-11)19(26)28-10-15(25)16-12(20)3-2-4-13(16)21/h2-4,11H,5-10,22H2,1H3. The van der Waals surface area contributed by atoms with Gasteiger partial charge in [-0.15, -0.1) is 0 Å². The predicted molar refractivity (Wildman–Crippen MR) is 95.8 cm³/mol. The fourth-order valence-corrected chi connectivity index (χ4v) is 3.22. The van der Waals surface area contributed by atoms with Crippen LogP contribution in [-0.4, -0.2) is 41.4 Å². The highest BCUT2D eigenvalue weighted by Crippen LogP contribution is 2.25. The molecule has 0 unspecified atom stereocenters. The topological polar surface area (TPSA) is 96.4 Å². The van der Waals surface area contributed by atoms with Crippen LogP contribution in [0.3, 0.4) is 0 Å². The van der Waals surface area contributed by atoms with Crippen LogP contribution < -0.4 is 5.73 Å². The second-order valence-electron chi connectivity index (χ2n) is 6.69. The number of hydrogen-bond acceptors (Lipinski definition) is 6. The molecule has 1 fully saturated rings. The van der Waals surface area contributed by atoms with Gasteiger partial charge in [-0.25, -0.2) is 13.6 Å². The van der Waals surface area contributed by atoms with E-state index >= 15 is 0 Å². The molecule has 0 amide bonds. The van der Waals surface area contributed by atoms with Gasteiger partial charge in [-0.2, -0.15) is 5.10 Å². The Labute approximate surface area is 160 Å². The van der Waals surface area contributed by atoms with E-state index in [2.05, 4.69) is 5.10 Å². The molecule has 0 radical (unpaired) electrons. The molecule has 9 heteroatoms. The van der Waals surface area contributed by atoms with Crippen molar-refractivity contribution in [3.8, 4) is 0 Å². The normalized spacial score (nSPS) is 14.8. The summed E-state index contributed by atoms with van der Waals surface area (Å²) >= 11 is 0. The van der Waals surface area contributed by atoms with E-state index in [-0.39, 0.29) is 11.4 Å². The summed E-state index contributed by atoms with van der Waals surface area (Å²) in [5, 5.41) is 4.28. The highest BCUT2D eigenvalue weighted by Gasteiger charge is 2.27. The number of halogens is 2. The van der Waals surface area contributed by atoms with E-state index in [1.807, 2.05) is 0 Å². The Bertz CT molecular complexity index is 871. The van der Waals surface area contributed by atoms with Crippen molar-refractivity contribution in [2.75, 3.05) is 25.6 Å². The first-order chi connectivity index (χ1) is 13.4. The van der Waals surface area contributed by atoms with Gasteiger partial charge < -0.3 is 15.2 Å². The van der Waals surface area contributed by atoms with Gasteiger partial charge >= 0.3 is 5.97 Å². The molecule has 2 aromatic rings. The van der Waals surface area contributed by atoms with Crippen LogP contribution in [0.4, 0.5) is 14.6 Å². The highest BCUT2D eigenvalue weighted by atomic mass is 19.1. The fraction of sp³-hybridized carbons (Fsp3) is 0.421. The molecule has 0 aliphatic carbocycles. The summed E-state index contributed by atoms with van der Waals surface area (Å²) in [5.74, 6) is -3.44. The molecule has 3 rings (SSSR count). The molecule has 0 atom stereocenters. The predicted octanol–water partition coefficient (Wildman–Crippen LogP) is 2.29. The van der Waals surface area contributed by atoms with E-state index in [0.29, 0.717) is 31.2 Å². The van der Waals surface area contributed by atoms with Crippen LogP contribution in [0.1, 0.15) is 39.3 Å². The molecule has 0 saturated carbocycles. The maximum atomic E-state index is 13.7. The van der Waals surface area contributed by atoms with Gasteiger partial charge in [0.15, 0.2) is 6.61 Å². The SMILES string of the molecule is Cn1nc(CC2CCOCC2)c(C(=O)OCC(=O)c2c(F)cccc2F)c1N.